The Hall–Kier alpha value is -1.01. The molecular formula is C24H44O2. The number of carboxylic acid groups (broad SMARTS) is 1. The molecular weight excluding hydrogens is 320 g/mol. The first-order chi connectivity index (χ1) is 12.8. The summed E-state index contributed by atoms with van der Waals surface area (Å²) in [5.74, 6) is -0.735. The van der Waals surface area contributed by atoms with E-state index >= 15 is 0 Å². The zero-order chi connectivity index (χ0) is 19.1. The van der Waals surface area contributed by atoms with Crippen LogP contribution in [0.25, 0.3) is 0 Å². The van der Waals surface area contributed by atoms with Gasteiger partial charge in [-0.15, -0.1) is 5.73 Å². The second kappa shape index (κ2) is 22.0. The molecule has 0 aliphatic heterocycles. The highest BCUT2D eigenvalue weighted by Crippen LogP contribution is 2.14. The van der Waals surface area contributed by atoms with Crippen LogP contribution in [0.15, 0.2) is 17.9 Å². The lowest BCUT2D eigenvalue weighted by molar-refractivity contribution is -0.136. The molecule has 0 heterocycles. The number of hydrogen-bond acceptors (Lipinski definition) is 1. The Balaban J connectivity index is 3.11. The first kappa shape index (κ1) is 25.0. The van der Waals surface area contributed by atoms with Crippen molar-refractivity contribution in [2.24, 2.45) is 0 Å². The number of hydrogen-bond donors (Lipinski definition) is 1. The lowest BCUT2D eigenvalue weighted by atomic mass is 10.0. The molecule has 0 aromatic rings. The van der Waals surface area contributed by atoms with Crippen LogP contribution < -0.4 is 0 Å². The maximum atomic E-state index is 10.3. The predicted molar refractivity (Wildman–Crippen MR) is 114 cm³/mol. The van der Waals surface area contributed by atoms with Crippen molar-refractivity contribution in [1.29, 1.82) is 0 Å². The summed E-state index contributed by atoms with van der Waals surface area (Å²) >= 11 is 0. The van der Waals surface area contributed by atoms with Crippen molar-refractivity contribution in [3.8, 4) is 0 Å². The van der Waals surface area contributed by atoms with Crippen LogP contribution in [0.2, 0.25) is 0 Å². The highest BCUT2D eigenvalue weighted by atomic mass is 16.4. The molecule has 152 valence electrons. The van der Waals surface area contributed by atoms with E-state index in [1.807, 2.05) is 12.2 Å². The summed E-state index contributed by atoms with van der Waals surface area (Å²) in [7, 11) is 0. The van der Waals surface area contributed by atoms with E-state index < -0.39 is 5.97 Å². The highest BCUT2D eigenvalue weighted by molar-refractivity contribution is 5.66. The minimum Gasteiger partial charge on any atom is -0.481 e. The van der Waals surface area contributed by atoms with Crippen molar-refractivity contribution in [2.45, 2.75) is 129 Å². The van der Waals surface area contributed by atoms with Gasteiger partial charge in [0.15, 0.2) is 0 Å². The minimum atomic E-state index is -0.735. The highest BCUT2D eigenvalue weighted by Gasteiger charge is 1.94. The summed E-state index contributed by atoms with van der Waals surface area (Å²) in [6.07, 6.45) is 28.2. The van der Waals surface area contributed by atoms with Crippen LogP contribution in [0.3, 0.4) is 0 Å². The van der Waals surface area contributed by atoms with Crippen LogP contribution in [0.5, 0.6) is 0 Å². The molecule has 0 aromatic heterocycles. The van der Waals surface area contributed by atoms with Crippen molar-refractivity contribution < 1.29 is 9.90 Å². The second-order valence-electron chi connectivity index (χ2n) is 7.60. The van der Waals surface area contributed by atoms with Crippen LogP contribution in [0, 0.1) is 0 Å². The van der Waals surface area contributed by atoms with Crippen molar-refractivity contribution >= 4 is 5.97 Å². The smallest absolute Gasteiger partial charge is 0.303 e. The van der Waals surface area contributed by atoms with E-state index in [4.69, 9.17) is 5.11 Å². The van der Waals surface area contributed by atoms with E-state index in [0.29, 0.717) is 6.42 Å². The Kier molecular flexibility index (Phi) is 21.2. The Morgan fingerprint density at radius 1 is 0.654 bits per heavy atom. The molecule has 0 amide bonds. The SMILES string of the molecule is CCCCCCCCCCCCCCCCCCC=C=CCCC(=O)O. The van der Waals surface area contributed by atoms with Gasteiger partial charge < -0.3 is 5.11 Å². The van der Waals surface area contributed by atoms with E-state index in [-0.39, 0.29) is 6.42 Å². The van der Waals surface area contributed by atoms with Crippen LogP contribution in [0.1, 0.15) is 129 Å². The third kappa shape index (κ3) is 23.0. The average Bonchev–Trinajstić information content (AvgIpc) is 2.62. The Morgan fingerprint density at radius 2 is 1.04 bits per heavy atom. The third-order valence-corrected chi connectivity index (χ3v) is 4.94. The Bertz CT molecular complexity index is 353. The van der Waals surface area contributed by atoms with Crippen molar-refractivity contribution in [3.63, 3.8) is 0 Å². The molecule has 0 rings (SSSR count). The fraction of sp³-hybridized carbons (Fsp3) is 0.833. The summed E-state index contributed by atoms with van der Waals surface area (Å²) in [6, 6.07) is 0. The van der Waals surface area contributed by atoms with Gasteiger partial charge in [0.1, 0.15) is 0 Å². The number of unbranched alkanes of at least 4 members (excludes halogenated alkanes) is 16. The zero-order valence-electron chi connectivity index (χ0n) is 17.4. The molecule has 0 fully saturated rings. The fourth-order valence-electron chi connectivity index (χ4n) is 3.24. The first-order valence-corrected chi connectivity index (χ1v) is 11.4. The molecule has 0 aromatic carbocycles. The zero-order valence-corrected chi connectivity index (χ0v) is 17.4. The van der Waals surface area contributed by atoms with Crippen LogP contribution >= 0.6 is 0 Å². The minimum absolute atomic E-state index is 0.208. The topological polar surface area (TPSA) is 37.3 Å². The largest absolute Gasteiger partial charge is 0.481 e. The number of carbonyl (C=O) groups is 1. The van der Waals surface area contributed by atoms with Gasteiger partial charge in [-0.2, -0.15) is 0 Å². The monoisotopic (exact) mass is 364 g/mol. The molecule has 26 heavy (non-hydrogen) atoms. The van der Waals surface area contributed by atoms with Gasteiger partial charge in [0, 0.05) is 6.42 Å². The number of aliphatic carboxylic acids is 1. The lowest BCUT2D eigenvalue weighted by Gasteiger charge is -2.03. The quantitative estimate of drug-likeness (QED) is 0.174. The normalized spacial score (nSPS) is 10.5. The Morgan fingerprint density at radius 3 is 1.46 bits per heavy atom. The summed E-state index contributed by atoms with van der Waals surface area (Å²) in [5, 5.41) is 8.51. The van der Waals surface area contributed by atoms with E-state index in [9.17, 15) is 4.79 Å². The number of rotatable bonds is 20. The predicted octanol–water partition coefficient (Wildman–Crippen LogP) is 8.21. The molecule has 0 unspecified atom stereocenters. The van der Waals surface area contributed by atoms with Gasteiger partial charge in [0.2, 0.25) is 0 Å². The molecule has 0 bridgehead atoms. The van der Waals surface area contributed by atoms with Gasteiger partial charge in [-0.1, -0.05) is 103 Å². The van der Waals surface area contributed by atoms with Crippen LogP contribution in [0.4, 0.5) is 0 Å². The van der Waals surface area contributed by atoms with Crippen molar-refractivity contribution in [1.82, 2.24) is 0 Å². The molecule has 0 atom stereocenters. The van der Waals surface area contributed by atoms with Gasteiger partial charge in [-0.3, -0.25) is 4.79 Å². The van der Waals surface area contributed by atoms with Gasteiger partial charge in [-0.25, -0.2) is 0 Å². The van der Waals surface area contributed by atoms with Gasteiger partial charge in [0.25, 0.3) is 0 Å². The molecule has 0 saturated heterocycles. The summed E-state index contributed by atoms with van der Waals surface area (Å²) < 4.78 is 0. The van der Waals surface area contributed by atoms with E-state index in [0.717, 1.165) is 6.42 Å². The molecule has 2 nitrogen and oxygen atoms in total. The van der Waals surface area contributed by atoms with Gasteiger partial charge in [-0.05, 0) is 31.4 Å². The number of allylic oxidation sites excluding steroid dienone is 1. The maximum Gasteiger partial charge on any atom is 0.303 e. The Labute approximate surface area is 163 Å². The molecule has 0 radical (unpaired) electrons. The standard InChI is InChI=1S/C24H44O2/c1-2-3-4-5-6-7-8-9-10-11-12-13-14-15-16-17-18-19-20-21-22-23-24(25)26/h19,21H,2-18,22-23H2,1H3,(H,25,26). The van der Waals surface area contributed by atoms with Gasteiger partial charge in [0.05, 0.1) is 0 Å². The molecule has 0 saturated carbocycles. The molecule has 0 spiro atoms. The maximum absolute atomic E-state index is 10.3. The summed E-state index contributed by atoms with van der Waals surface area (Å²) in [6.45, 7) is 2.28. The summed E-state index contributed by atoms with van der Waals surface area (Å²) in [4.78, 5) is 10.3. The van der Waals surface area contributed by atoms with Crippen LogP contribution in [-0.2, 0) is 4.79 Å². The first-order valence-electron chi connectivity index (χ1n) is 11.4. The third-order valence-electron chi connectivity index (χ3n) is 4.94. The lowest BCUT2D eigenvalue weighted by Crippen LogP contribution is -1.91. The molecule has 1 N–H and O–H groups in total. The molecule has 0 aliphatic rings. The summed E-state index contributed by atoms with van der Waals surface area (Å²) in [5.41, 5.74) is 3.08. The van der Waals surface area contributed by atoms with Gasteiger partial charge >= 0.3 is 5.97 Å². The van der Waals surface area contributed by atoms with Crippen LogP contribution in [-0.4, -0.2) is 11.1 Å². The fourth-order valence-corrected chi connectivity index (χ4v) is 3.24. The van der Waals surface area contributed by atoms with E-state index in [2.05, 4.69) is 12.7 Å². The molecule has 0 aliphatic carbocycles. The average molecular weight is 365 g/mol. The number of carboxylic acids is 1. The van der Waals surface area contributed by atoms with E-state index in [1.54, 1.807) is 0 Å². The second-order valence-corrected chi connectivity index (χ2v) is 7.60. The van der Waals surface area contributed by atoms with E-state index in [1.165, 1.54) is 103 Å². The van der Waals surface area contributed by atoms with Crippen molar-refractivity contribution in [3.05, 3.63) is 17.9 Å². The molecule has 2 heteroatoms. The van der Waals surface area contributed by atoms with Crippen molar-refractivity contribution in [2.75, 3.05) is 0 Å².